The molecule has 1 aliphatic rings. The molecule has 0 aliphatic heterocycles. The van der Waals surface area contributed by atoms with Crippen LogP contribution < -0.4 is 5.32 Å². The van der Waals surface area contributed by atoms with Crippen molar-refractivity contribution in [2.75, 3.05) is 0 Å². The Kier molecular flexibility index (Phi) is 4.01. The van der Waals surface area contributed by atoms with Gasteiger partial charge in [0.05, 0.1) is 0 Å². The molecule has 0 saturated heterocycles. The highest BCUT2D eigenvalue weighted by Crippen LogP contribution is 2.47. The molecule has 0 unspecified atom stereocenters. The fraction of sp³-hybridized carbons (Fsp3) is 0.211. The highest BCUT2D eigenvalue weighted by atomic mass is 19.1. The van der Waals surface area contributed by atoms with E-state index in [0.717, 1.165) is 23.4 Å². The third kappa shape index (κ3) is 3.42. The van der Waals surface area contributed by atoms with Gasteiger partial charge in [0.1, 0.15) is 18.0 Å². The smallest absolute Gasteiger partial charge is 0.224 e. The number of hydrogen-bond acceptors (Lipinski definition) is 3. The molecule has 0 radical (unpaired) electrons. The second kappa shape index (κ2) is 6.47. The number of carbonyl (C=O) groups excluding carboxylic acids is 1. The van der Waals surface area contributed by atoms with Crippen LogP contribution in [0.1, 0.15) is 23.5 Å². The molecule has 2 heterocycles. The van der Waals surface area contributed by atoms with Gasteiger partial charge in [-0.05, 0) is 47.7 Å². The van der Waals surface area contributed by atoms with E-state index in [9.17, 15) is 9.18 Å². The third-order valence-corrected chi connectivity index (χ3v) is 4.45. The van der Waals surface area contributed by atoms with Crippen molar-refractivity contribution in [1.29, 1.82) is 0 Å². The Labute approximate surface area is 144 Å². The first-order valence-corrected chi connectivity index (χ1v) is 8.17. The number of aromatic nitrogens is 3. The van der Waals surface area contributed by atoms with Gasteiger partial charge < -0.3 is 5.32 Å². The molecule has 25 heavy (non-hydrogen) atoms. The summed E-state index contributed by atoms with van der Waals surface area (Å²) in [6.07, 6.45) is 7.67. The summed E-state index contributed by atoms with van der Waals surface area (Å²) >= 11 is 0. The van der Waals surface area contributed by atoms with Gasteiger partial charge in [-0.1, -0.05) is 12.1 Å². The second-order valence-electron chi connectivity index (χ2n) is 6.21. The number of nitrogens with zero attached hydrogens (tertiary/aromatic N) is 3. The number of imidazole rings is 1. The maximum absolute atomic E-state index is 13.3. The molecule has 1 aliphatic carbocycles. The quantitative estimate of drug-likeness (QED) is 0.779. The Morgan fingerprint density at radius 2 is 2.20 bits per heavy atom. The van der Waals surface area contributed by atoms with E-state index in [1.54, 1.807) is 24.8 Å². The van der Waals surface area contributed by atoms with Gasteiger partial charge >= 0.3 is 0 Å². The summed E-state index contributed by atoms with van der Waals surface area (Å²) in [5, 5.41) is 2.96. The molecular weight excluding hydrogens is 319 g/mol. The number of halogens is 1. The highest BCUT2D eigenvalue weighted by molar-refractivity contribution is 5.82. The highest BCUT2D eigenvalue weighted by Gasteiger charge is 2.43. The molecule has 4 rings (SSSR count). The molecule has 1 N–H and O–H groups in total. The molecule has 126 valence electrons. The number of benzene rings is 1. The minimum Gasteiger partial charge on any atom is -0.352 e. The van der Waals surface area contributed by atoms with Gasteiger partial charge in [-0.3, -0.25) is 9.36 Å². The summed E-state index contributed by atoms with van der Waals surface area (Å²) in [5.74, 6) is 0.558. The maximum atomic E-state index is 13.3. The first kappa shape index (κ1) is 15.5. The largest absolute Gasteiger partial charge is 0.352 e. The number of rotatable bonds is 5. The van der Waals surface area contributed by atoms with Crippen molar-refractivity contribution >= 4 is 5.91 Å². The van der Waals surface area contributed by atoms with E-state index < -0.39 is 0 Å². The van der Waals surface area contributed by atoms with Gasteiger partial charge in [0.15, 0.2) is 0 Å². The molecule has 1 amide bonds. The van der Waals surface area contributed by atoms with Crippen molar-refractivity contribution in [3.63, 3.8) is 0 Å². The van der Waals surface area contributed by atoms with E-state index in [-0.39, 0.29) is 23.6 Å². The predicted molar refractivity (Wildman–Crippen MR) is 90.5 cm³/mol. The molecule has 5 nitrogen and oxygen atoms in total. The Hall–Kier alpha value is -3.02. The fourth-order valence-electron chi connectivity index (χ4n) is 3.02. The lowest BCUT2D eigenvalue weighted by Gasteiger charge is -2.07. The molecule has 1 fully saturated rings. The Morgan fingerprint density at radius 1 is 1.28 bits per heavy atom. The predicted octanol–water partition coefficient (Wildman–Crippen LogP) is 2.83. The molecule has 0 bridgehead atoms. The van der Waals surface area contributed by atoms with Gasteiger partial charge in [-0.2, -0.15) is 0 Å². The fourth-order valence-corrected chi connectivity index (χ4v) is 3.02. The lowest BCUT2D eigenvalue weighted by atomic mass is 10.1. The van der Waals surface area contributed by atoms with Gasteiger partial charge in [-0.25, -0.2) is 14.4 Å². The number of pyridine rings is 1. The second-order valence-corrected chi connectivity index (χ2v) is 6.21. The Balaban J connectivity index is 1.36. The summed E-state index contributed by atoms with van der Waals surface area (Å²) in [7, 11) is 0. The zero-order chi connectivity index (χ0) is 17.2. The average molecular weight is 336 g/mol. The molecule has 2 atom stereocenters. The molecule has 0 spiro atoms. The van der Waals surface area contributed by atoms with E-state index in [0.29, 0.717) is 6.54 Å². The van der Waals surface area contributed by atoms with Gasteiger partial charge in [0.2, 0.25) is 5.91 Å². The van der Waals surface area contributed by atoms with Crippen LogP contribution in [0.15, 0.2) is 61.3 Å². The summed E-state index contributed by atoms with van der Waals surface area (Å²) in [6.45, 7) is 0.440. The maximum Gasteiger partial charge on any atom is 0.224 e. The van der Waals surface area contributed by atoms with Crippen molar-refractivity contribution in [2.24, 2.45) is 5.92 Å². The van der Waals surface area contributed by atoms with Crippen LogP contribution in [-0.4, -0.2) is 20.4 Å². The zero-order valence-electron chi connectivity index (χ0n) is 13.5. The summed E-state index contributed by atoms with van der Waals surface area (Å²) in [4.78, 5) is 20.6. The van der Waals surface area contributed by atoms with Crippen LogP contribution in [0.4, 0.5) is 4.39 Å². The third-order valence-electron chi connectivity index (χ3n) is 4.45. The molecule has 2 aromatic heterocycles. The van der Waals surface area contributed by atoms with Crippen molar-refractivity contribution < 1.29 is 9.18 Å². The van der Waals surface area contributed by atoms with E-state index in [2.05, 4.69) is 15.3 Å². The van der Waals surface area contributed by atoms with Crippen LogP contribution in [-0.2, 0) is 11.3 Å². The van der Waals surface area contributed by atoms with Crippen LogP contribution >= 0.6 is 0 Å². The average Bonchev–Trinajstić information content (AvgIpc) is 3.25. The Morgan fingerprint density at radius 3 is 3.00 bits per heavy atom. The van der Waals surface area contributed by atoms with Crippen molar-refractivity contribution in [3.05, 3.63) is 78.3 Å². The lowest BCUT2D eigenvalue weighted by molar-refractivity contribution is -0.122. The zero-order valence-corrected chi connectivity index (χ0v) is 13.5. The first-order valence-electron chi connectivity index (χ1n) is 8.17. The number of nitrogens with one attached hydrogen (secondary N) is 1. The first-order chi connectivity index (χ1) is 12.2. The number of carbonyl (C=O) groups is 1. The molecule has 6 heteroatoms. The van der Waals surface area contributed by atoms with Crippen molar-refractivity contribution in [3.8, 4) is 5.82 Å². The van der Waals surface area contributed by atoms with Crippen LogP contribution in [0.2, 0.25) is 0 Å². The van der Waals surface area contributed by atoms with Crippen LogP contribution in [0.3, 0.4) is 0 Å². The summed E-state index contributed by atoms with van der Waals surface area (Å²) < 4.78 is 15.1. The SMILES string of the molecule is O=C(NCc1ccnc(-n2ccnc2)c1)[C@@H]1C[C@@H]1c1cccc(F)c1. The number of hydrogen-bond donors (Lipinski definition) is 1. The minimum absolute atomic E-state index is 0.00949. The van der Waals surface area contributed by atoms with Crippen molar-refractivity contribution in [2.45, 2.75) is 18.9 Å². The van der Waals surface area contributed by atoms with Crippen LogP contribution in [0.5, 0.6) is 0 Å². The van der Waals surface area contributed by atoms with Gasteiger partial charge in [-0.15, -0.1) is 0 Å². The van der Waals surface area contributed by atoms with Crippen LogP contribution in [0, 0.1) is 11.7 Å². The Bertz CT molecular complexity index is 894. The number of amides is 1. The van der Waals surface area contributed by atoms with E-state index in [1.807, 2.05) is 29.0 Å². The monoisotopic (exact) mass is 336 g/mol. The summed E-state index contributed by atoms with van der Waals surface area (Å²) in [5.41, 5.74) is 1.86. The normalized spacial score (nSPS) is 18.8. The lowest BCUT2D eigenvalue weighted by Crippen LogP contribution is -2.25. The minimum atomic E-state index is -0.257. The van der Waals surface area contributed by atoms with E-state index >= 15 is 0 Å². The molecule has 1 aromatic carbocycles. The van der Waals surface area contributed by atoms with Crippen LogP contribution in [0.25, 0.3) is 5.82 Å². The molecule has 1 saturated carbocycles. The summed E-state index contributed by atoms with van der Waals surface area (Å²) in [6, 6.07) is 10.3. The standard InChI is InChI=1S/C19H17FN4O/c20-15-3-1-2-14(9-15)16-10-17(16)19(25)23-11-13-4-5-22-18(8-13)24-7-6-21-12-24/h1-9,12,16-17H,10-11H2,(H,23,25)/t16-,17-/m1/s1. The van der Waals surface area contributed by atoms with E-state index in [1.165, 1.54) is 12.1 Å². The van der Waals surface area contributed by atoms with Gasteiger partial charge in [0.25, 0.3) is 0 Å². The van der Waals surface area contributed by atoms with Gasteiger partial charge in [0, 0.05) is 31.1 Å². The van der Waals surface area contributed by atoms with Crippen molar-refractivity contribution in [1.82, 2.24) is 19.9 Å². The molecule has 3 aromatic rings. The molecular formula is C19H17FN4O. The topological polar surface area (TPSA) is 59.8 Å². The van der Waals surface area contributed by atoms with E-state index in [4.69, 9.17) is 0 Å².